The molecule has 9 nitrogen and oxygen atoms in total. The quantitative estimate of drug-likeness (QED) is 0.294. The Balaban J connectivity index is 1.34. The first-order valence-electron chi connectivity index (χ1n) is 13.6. The van der Waals surface area contributed by atoms with Gasteiger partial charge in [-0.15, -0.1) is 0 Å². The Morgan fingerprint density at radius 2 is 1.60 bits per heavy atom. The van der Waals surface area contributed by atoms with E-state index in [0.717, 1.165) is 65.1 Å². The number of carbonyl (C=O) groups excluding carboxylic acids is 1. The van der Waals surface area contributed by atoms with Crippen LogP contribution in [0.5, 0.6) is 0 Å². The van der Waals surface area contributed by atoms with Crippen molar-refractivity contribution in [3.8, 4) is 11.4 Å². The molecule has 2 amide bonds. The number of morpholine rings is 1. The van der Waals surface area contributed by atoms with Gasteiger partial charge in [-0.2, -0.15) is 0 Å². The predicted molar refractivity (Wildman–Crippen MR) is 161 cm³/mol. The first-order chi connectivity index (χ1) is 19.5. The van der Waals surface area contributed by atoms with Crippen molar-refractivity contribution in [1.29, 1.82) is 0 Å². The molecule has 3 aromatic carbocycles. The van der Waals surface area contributed by atoms with Crippen molar-refractivity contribution >= 4 is 45.0 Å². The topological polar surface area (TPSA) is 87.6 Å². The first-order valence-corrected chi connectivity index (χ1v) is 13.6. The minimum Gasteiger partial charge on any atom is -0.378 e. The van der Waals surface area contributed by atoms with E-state index in [1.807, 2.05) is 54.6 Å². The molecule has 0 aliphatic carbocycles. The van der Waals surface area contributed by atoms with Crippen LogP contribution >= 0.6 is 0 Å². The van der Waals surface area contributed by atoms with Gasteiger partial charge in [0.15, 0.2) is 5.82 Å². The van der Waals surface area contributed by atoms with Crippen LogP contribution in [0.1, 0.15) is 0 Å². The molecule has 9 heteroatoms. The highest BCUT2D eigenvalue weighted by Crippen LogP contribution is 2.33. The molecule has 0 radical (unpaired) electrons. The molecule has 0 atom stereocenters. The molecule has 0 bridgehead atoms. The lowest BCUT2D eigenvalue weighted by atomic mass is 10.1. The number of hydrogen-bond acceptors (Lipinski definition) is 6. The van der Waals surface area contributed by atoms with Crippen molar-refractivity contribution in [2.45, 2.75) is 6.54 Å². The normalized spacial score (nSPS) is 13.7. The lowest BCUT2D eigenvalue weighted by molar-refractivity contribution is 0.122. The molecule has 40 heavy (non-hydrogen) atoms. The van der Waals surface area contributed by atoms with Crippen molar-refractivity contribution in [3.05, 3.63) is 79.0 Å². The van der Waals surface area contributed by atoms with E-state index < -0.39 is 0 Å². The maximum atomic E-state index is 12.4. The van der Waals surface area contributed by atoms with Crippen LogP contribution in [-0.4, -0.2) is 72.4 Å². The fraction of sp³-hybridized carbons (Fsp3) is 0.258. The lowest BCUT2D eigenvalue weighted by Crippen LogP contribution is -2.37. The Hall–Kier alpha value is -4.47. The second-order valence-electron chi connectivity index (χ2n) is 10.2. The average Bonchev–Trinajstić information content (AvgIpc) is 3.40. The molecule has 0 spiro atoms. The molecule has 2 N–H and O–H groups in total. The summed E-state index contributed by atoms with van der Waals surface area (Å²) in [5, 5.41) is 7.89. The van der Waals surface area contributed by atoms with E-state index in [1.54, 1.807) is 0 Å². The van der Waals surface area contributed by atoms with Gasteiger partial charge in [0.25, 0.3) is 0 Å². The molecule has 1 fully saturated rings. The number of carbonyl (C=O) groups is 1. The second kappa shape index (κ2) is 11.3. The van der Waals surface area contributed by atoms with Crippen LogP contribution in [-0.2, 0) is 11.3 Å². The molecule has 1 aliphatic rings. The number of aromatic nitrogens is 3. The first kappa shape index (κ1) is 25.8. The summed E-state index contributed by atoms with van der Waals surface area (Å²) in [6.45, 7) is 4.78. The zero-order chi connectivity index (χ0) is 27.5. The summed E-state index contributed by atoms with van der Waals surface area (Å²) in [4.78, 5) is 27.1. The van der Waals surface area contributed by atoms with Crippen LogP contribution in [0.25, 0.3) is 33.2 Å². The lowest BCUT2D eigenvalue weighted by Gasteiger charge is -2.29. The van der Waals surface area contributed by atoms with Gasteiger partial charge in [0, 0.05) is 60.1 Å². The number of likely N-dealkylation sites (N-methyl/N-ethyl adjacent to an activating group) is 1. The number of para-hydroxylation sites is 1. The summed E-state index contributed by atoms with van der Waals surface area (Å²) < 4.78 is 7.90. The fourth-order valence-electron chi connectivity index (χ4n) is 5.01. The molecule has 1 aliphatic heterocycles. The molecule has 2 aromatic heterocycles. The standard InChI is InChI=1S/C31H33N7O2/c1-36(2)16-17-37-15-14-25-27(37)13-12-26-28(25)34-29(35-30(26)38-18-20-40-21-19-38)22-8-10-24(11-9-22)33-31(39)32-23-6-4-3-5-7-23/h3-15H,16-21H2,1-2H3,(H2,32,33,39). The molecule has 3 heterocycles. The number of nitrogens with one attached hydrogen (secondary N) is 2. The van der Waals surface area contributed by atoms with Gasteiger partial charge in [-0.25, -0.2) is 14.8 Å². The van der Waals surface area contributed by atoms with Crippen molar-refractivity contribution < 1.29 is 9.53 Å². The van der Waals surface area contributed by atoms with Crippen molar-refractivity contribution in [1.82, 2.24) is 19.4 Å². The highest BCUT2D eigenvalue weighted by atomic mass is 16.5. The van der Waals surface area contributed by atoms with Gasteiger partial charge in [-0.3, -0.25) is 0 Å². The van der Waals surface area contributed by atoms with Gasteiger partial charge in [0.2, 0.25) is 0 Å². The number of fused-ring (bicyclic) bond motifs is 3. The number of hydrogen-bond donors (Lipinski definition) is 2. The maximum absolute atomic E-state index is 12.4. The van der Waals surface area contributed by atoms with Gasteiger partial charge in [0.1, 0.15) is 5.82 Å². The summed E-state index contributed by atoms with van der Waals surface area (Å²) in [6.07, 6.45) is 2.14. The number of anilines is 3. The SMILES string of the molecule is CN(C)CCn1ccc2c3nc(-c4ccc(NC(=O)Nc5ccccc5)cc4)nc(N4CCOCC4)c3ccc21. The number of rotatable bonds is 7. The van der Waals surface area contributed by atoms with Crippen molar-refractivity contribution in [2.24, 2.45) is 0 Å². The Morgan fingerprint density at radius 3 is 2.33 bits per heavy atom. The molecular formula is C31H33N7O2. The largest absolute Gasteiger partial charge is 0.378 e. The minimum absolute atomic E-state index is 0.295. The summed E-state index contributed by atoms with van der Waals surface area (Å²) in [7, 11) is 4.18. The summed E-state index contributed by atoms with van der Waals surface area (Å²) in [6, 6.07) is 23.2. The average molecular weight is 536 g/mol. The highest BCUT2D eigenvalue weighted by Gasteiger charge is 2.20. The Kier molecular flexibility index (Phi) is 7.31. The molecule has 0 unspecified atom stereocenters. The zero-order valence-electron chi connectivity index (χ0n) is 22.8. The summed E-state index contributed by atoms with van der Waals surface area (Å²) in [5.74, 6) is 1.58. The third-order valence-electron chi connectivity index (χ3n) is 7.13. The van der Waals surface area contributed by atoms with Crippen LogP contribution in [0.3, 0.4) is 0 Å². The zero-order valence-corrected chi connectivity index (χ0v) is 22.8. The number of benzene rings is 3. The smallest absolute Gasteiger partial charge is 0.323 e. The van der Waals surface area contributed by atoms with Gasteiger partial charge in [-0.1, -0.05) is 18.2 Å². The fourth-order valence-corrected chi connectivity index (χ4v) is 5.01. The van der Waals surface area contributed by atoms with E-state index in [9.17, 15) is 4.79 Å². The van der Waals surface area contributed by atoms with Gasteiger partial charge in [-0.05, 0) is 68.7 Å². The summed E-state index contributed by atoms with van der Waals surface area (Å²) in [5.41, 5.74) is 4.41. The molecule has 1 saturated heterocycles. The molecule has 5 aromatic rings. The van der Waals surface area contributed by atoms with E-state index in [1.165, 1.54) is 0 Å². The number of nitrogens with zero attached hydrogens (tertiary/aromatic N) is 5. The Labute approximate surface area is 233 Å². The van der Waals surface area contributed by atoms with E-state index in [4.69, 9.17) is 14.7 Å². The predicted octanol–water partition coefficient (Wildman–Crippen LogP) is 5.29. The number of urea groups is 1. The maximum Gasteiger partial charge on any atom is 0.323 e. The molecular weight excluding hydrogens is 502 g/mol. The van der Waals surface area contributed by atoms with E-state index >= 15 is 0 Å². The van der Waals surface area contributed by atoms with Crippen LogP contribution in [0, 0.1) is 0 Å². The molecule has 204 valence electrons. The van der Waals surface area contributed by atoms with Crippen LogP contribution in [0.2, 0.25) is 0 Å². The molecule has 6 rings (SSSR count). The van der Waals surface area contributed by atoms with Gasteiger partial charge < -0.3 is 29.7 Å². The third kappa shape index (κ3) is 5.47. The highest BCUT2D eigenvalue weighted by molar-refractivity contribution is 6.08. The third-order valence-corrected chi connectivity index (χ3v) is 7.13. The van der Waals surface area contributed by atoms with Crippen LogP contribution in [0.15, 0.2) is 79.0 Å². The molecule has 0 saturated carbocycles. The van der Waals surface area contributed by atoms with Crippen LogP contribution < -0.4 is 15.5 Å². The Morgan fingerprint density at radius 1 is 0.875 bits per heavy atom. The summed E-state index contributed by atoms with van der Waals surface area (Å²) >= 11 is 0. The van der Waals surface area contributed by atoms with E-state index in [0.29, 0.717) is 24.7 Å². The van der Waals surface area contributed by atoms with Crippen molar-refractivity contribution in [2.75, 3.05) is 62.5 Å². The van der Waals surface area contributed by atoms with E-state index in [2.05, 4.69) is 63.5 Å². The number of ether oxygens (including phenoxy) is 1. The van der Waals surface area contributed by atoms with Crippen LogP contribution in [0.4, 0.5) is 22.0 Å². The van der Waals surface area contributed by atoms with Gasteiger partial charge in [0.05, 0.1) is 24.2 Å². The van der Waals surface area contributed by atoms with Crippen molar-refractivity contribution in [3.63, 3.8) is 0 Å². The number of amides is 2. The second-order valence-corrected chi connectivity index (χ2v) is 10.2. The Bertz CT molecular complexity index is 1630. The van der Waals surface area contributed by atoms with Gasteiger partial charge >= 0.3 is 6.03 Å². The monoisotopic (exact) mass is 535 g/mol. The minimum atomic E-state index is -0.295. The van der Waals surface area contributed by atoms with E-state index in [-0.39, 0.29) is 6.03 Å².